The van der Waals surface area contributed by atoms with Gasteiger partial charge in [0.15, 0.2) is 0 Å². The molecule has 0 fully saturated rings. The number of benzene rings is 1. The molecule has 0 radical (unpaired) electrons. The van der Waals surface area contributed by atoms with Crippen molar-refractivity contribution >= 4 is 23.2 Å². The lowest BCUT2D eigenvalue weighted by Crippen LogP contribution is -2.15. The molecule has 2 aromatic rings. The van der Waals surface area contributed by atoms with Crippen LogP contribution in [0.15, 0.2) is 18.2 Å². The summed E-state index contributed by atoms with van der Waals surface area (Å²) < 4.78 is 1.84. The highest BCUT2D eigenvalue weighted by molar-refractivity contribution is 6.35. The molecule has 1 N–H and O–H groups in total. The van der Waals surface area contributed by atoms with Crippen LogP contribution in [0.3, 0.4) is 0 Å². The zero-order valence-electron chi connectivity index (χ0n) is 11.8. The van der Waals surface area contributed by atoms with E-state index in [1.165, 1.54) is 0 Å². The van der Waals surface area contributed by atoms with Gasteiger partial charge in [-0.15, -0.1) is 0 Å². The Morgan fingerprint density at radius 2 is 1.95 bits per heavy atom. The van der Waals surface area contributed by atoms with E-state index in [4.69, 9.17) is 23.2 Å². The van der Waals surface area contributed by atoms with Crippen molar-refractivity contribution in [3.63, 3.8) is 0 Å². The van der Waals surface area contributed by atoms with Crippen LogP contribution in [0.25, 0.3) is 0 Å². The molecule has 1 aromatic carbocycles. The molecule has 0 spiro atoms. The van der Waals surface area contributed by atoms with E-state index in [0.717, 1.165) is 22.5 Å². The van der Waals surface area contributed by atoms with Crippen LogP contribution in [0.4, 0.5) is 0 Å². The number of aliphatic hydroxyl groups excluding tert-OH is 1. The zero-order chi connectivity index (χ0) is 14.9. The maximum absolute atomic E-state index is 10.3. The first-order valence-electron chi connectivity index (χ1n) is 6.49. The number of aryl methyl sites for hydroxylation is 2. The van der Waals surface area contributed by atoms with E-state index in [-0.39, 0.29) is 0 Å². The Hall–Kier alpha value is -1.03. The van der Waals surface area contributed by atoms with Gasteiger partial charge in [-0.05, 0) is 37.1 Å². The van der Waals surface area contributed by atoms with Gasteiger partial charge in [-0.25, -0.2) is 0 Å². The monoisotopic (exact) mass is 312 g/mol. The summed E-state index contributed by atoms with van der Waals surface area (Å²) in [5.41, 5.74) is 4.06. The molecule has 0 saturated heterocycles. The Balaban J connectivity index is 2.11. The molecule has 1 aromatic heterocycles. The Kier molecular flexibility index (Phi) is 4.74. The molecule has 5 heteroatoms. The van der Waals surface area contributed by atoms with E-state index in [0.29, 0.717) is 22.9 Å². The van der Waals surface area contributed by atoms with Crippen molar-refractivity contribution in [2.75, 3.05) is 0 Å². The standard InChI is InChI=1S/C15H18Cl2N2O/c1-9-14(10(2)19(3)18-9)8-13(20)6-11-4-5-12(16)7-15(11)17/h4-5,7,13,20H,6,8H2,1-3H3. The molecule has 0 aliphatic rings. The second-order valence-corrected chi connectivity index (χ2v) is 5.91. The molecule has 1 atom stereocenters. The van der Waals surface area contributed by atoms with Crippen LogP contribution in [0.1, 0.15) is 22.5 Å². The van der Waals surface area contributed by atoms with Crippen molar-refractivity contribution in [1.82, 2.24) is 9.78 Å². The second-order valence-electron chi connectivity index (χ2n) is 5.07. The average molecular weight is 313 g/mol. The Morgan fingerprint density at radius 1 is 1.25 bits per heavy atom. The molecule has 3 nitrogen and oxygen atoms in total. The second kappa shape index (κ2) is 6.17. The molecule has 108 valence electrons. The van der Waals surface area contributed by atoms with Crippen LogP contribution in [0, 0.1) is 13.8 Å². The van der Waals surface area contributed by atoms with Gasteiger partial charge in [0.1, 0.15) is 0 Å². The minimum Gasteiger partial charge on any atom is -0.392 e. The molecule has 0 saturated carbocycles. The third-order valence-corrected chi connectivity index (χ3v) is 4.16. The number of hydrogen-bond donors (Lipinski definition) is 1. The van der Waals surface area contributed by atoms with E-state index in [9.17, 15) is 5.11 Å². The highest BCUT2D eigenvalue weighted by Crippen LogP contribution is 2.23. The van der Waals surface area contributed by atoms with Crippen molar-refractivity contribution < 1.29 is 5.11 Å². The lowest BCUT2D eigenvalue weighted by molar-refractivity contribution is 0.175. The van der Waals surface area contributed by atoms with Gasteiger partial charge in [-0.3, -0.25) is 4.68 Å². The Morgan fingerprint density at radius 3 is 2.50 bits per heavy atom. The van der Waals surface area contributed by atoms with Gasteiger partial charge in [0, 0.05) is 35.6 Å². The molecule has 0 aliphatic carbocycles. The SMILES string of the molecule is Cc1nn(C)c(C)c1CC(O)Cc1ccc(Cl)cc1Cl. The first-order chi connectivity index (χ1) is 9.38. The predicted molar refractivity (Wildman–Crippen MR) is 82.6 cm³/mol. The van der Waals surface area contributed by atoms with Gasteiger partial charge in [0.05, 0.1) is 11.8 Å². The Bertz CT molecular complexity index is 623. The zero-order valence-corrected chi connectivity index (χ0v) is 13.3. The first kappa shape index (κ1) is 15.4. The van der Waals surface area contributed by atoms with Gasteiger partial charge < -0.3 is 5.11 Å². The number of nitrogens with zero attached hydrogens (tertiary/aromatic N) is 2. The molecule has 1 unspecified atom stereocenters. The first-order valence-corrected chi connectivity index (χ1v) is 7.25. The number of hydrogen-bond acceptors (Lipinski definition) is 2. The quantitative estimate of drug-likeness (QED) is 0.938. The Labute approximate surface area is 129 Å². The smallest absolute Gasteiger partial charge is 0.0629 e. The summed E-state index contributed by atoms with van der Waals surface area (Å²) in [6.45, 7) is 3.97. The average Bonchev–Trinajstić information content (AvgIpc) is 2.60. The van der Waals surface area contributed by atoms with Crippen molar-refractivity contribution in [3.8, 4) is 0 Å². The van der Waals surface area contributed by atoms with Gasteiger partial charge in [-0.1, -0.05) is 29.3 Å². The molecule has 0 amide bonds. The summed E-state index contributed by atoms with van der Waals surface area (Å²) in [6.07, 6.45) is 0.587. The molecule has 20 heavy (non-hydrogen) atoms. The fourth-order valence-corrected chi connectivity index (χ4v) is 2.85. The highest BCUT2D eigenvalue weighted by Gasteiger charge is 2.15. The lowest BCUT2D eigenvalue weighted by Gasteiger charge is -2.12. The molecular formula is C15H18Cl2N2O. The van der Waals surface area contributed by atoms with Crippen LogP contribution in [-0.4, -0.2) is 21.0 Å². The van der Waals surface area contributed by atoms with E-state index in [1.54, 1.807) is 12.1 Å². The topological polar surface area (TPSA) is 38.0 Å². The van der Waals surface area contributed by atoms with Crippen LogP contribution < -0.4 is 0 Å². The van der Waals surface area contributed by atoms with Crippen molar-refractivity contribution in [2.45, 2.75) is 32.8 Å². The third kappa shape index (κ3) is 3.35. The van der Waals surface area contributed by atoms with E-state index < -0.39 is 6.10 Å². The van der Waals surface area contributed by atoms with E-state index in [2.05, 4.69) is 5.10 Å². The van der Waals surface area contributed by atoms with Crippen molar-refractivity contribution in [3.05, 3.63) is 50.8 Å². The lowest BCUT2D eigenvalue weighted by atomic mass is 10.00. The predicted octanol–water partition coefficient (Wildman–Crippen LogP) is 3.49. The summed E-state index contributed by atoms with van der Waals surface area (Å²) in [4.78, 5) is 0. The van der Waals surface area contributed by atoms with E-state index >= 15 is 0 Å². The molecule has 1 heterocycles. The van der Waals surface area contributed by atoms with Crippen LogP contribution in [0.5, 0.6) is 0 Å². The number of aliphatic hydroxyl groups is 1. The maximum atomic E-state index is 10.3. The normalized spacial score (nSPS) is 12.7. The minimum atomic E-state index is -0.490. The summed E-state index contributed by atoms with van der Waals surface area (Å²) >= 11 is 12.0. The minimum absolute atomic E-state index is 0.490. The number of halogens is 2. The van der Waals surface area contributed by atoms with Gasteiger partial charge in [-0.2, -0.15) is 5.10 Å². The van der Waals surface area contributed by atoms with Gasteiger partial charge in [0.2, 0.25) is 0 Å². The van der Waals surface area contributed by atoms with Gasteiger partial charge >= 0.3 is 0 Å². The van der Waals surface area contributed by atoms with Crippen molar-refractivity contribution in [1.29, 1.82) is 0 Å². The molecule has 0 bridgehead atoms. The summed E-state index contributed by atoms with van der Waals surface area (Å²) in [6, 6.07) is 5.35. The van der Waals surface area contributed by atoms with Crippen molar-refractivity contribution in [2.24, 2.45) is 7.05 Å². The van der Waals surface area contributed by atoms with E-state index in [1.807, 2.05) is 31.6 Å². The third-order valence-electron chi connectivity index (χ3n) is 3.57. The summed E-state index contributed by atoms with van der Waals surface area (Å²) in [7, 11) is 1.91. The number of rotatable bonds is 4. The fraction of sp³-hybridized carbons (Fsp3) is 0.400. The molecular weight excluding hydrogens is 295 g/mol. The highest BCUT2D eigenvalue weighted by atomic mass is 35.5. The van der Waals surface area contributed by atoms with Crippen LogP contribution in [-0.2, 0) is 19.9 Å². The van der Waals surface area contributed by atoms with Crippen LogP contribution in [0.2, 0.25) is 10.0 Å². The fourth-order valence-electron chi connectivity index (χ4n) is 2.36. The number of aromatic nitrogens is 2. The molecule has 0 aliphatic heterocycles. The largest absolute Gasteiger partial charge is 0.392 e. The maximum Gasteiger partial charge on any atom is 0.0629 e. The van der Waals surface area contributed by atoms with Crippen LogP contribution >= 0.6 is 23.2 Å². The summed E-state index contributed by atoms with van der Waals surface area (Å²) in [5.74, 6) is 0. The summed E-state index contributed by atoms with van der Waals surface area (Å²) in [5, 5.41) is 15.8. The van der Waals surface area contributed by atoms with Gasteiger partial charge in [0.25, 0.3) is 0 Å². The molecule has 2 rings (SSSR count).